The van der Waals surface area contributed by atoms with Crippen LogP contribution >= 0.6 is 0 Å². The Hall–Kier alpha value is -2.73. The van der Waals surface area contributed by atoms with E-state index in [0.29, 0.717) is 18.3 Å². The highest BCUT2D eigenvalue weighted by molar-refractivity contribution is 6.70. The maximum Gasteiger partial charge on any atom is 0.192 e. The zero-order valence-electron chi connectivity index (χ0n) is 38.2. The molecule has 0 N–H and O–H groups in total. The van der Waals surface area contributed by atoms with Gasteiger partial charge in [-0.05, 0) is 164 Å². The molecular formula is C48H70N4O4Si2. The summed E-state index contributed by atoms with van der Waals surface area (Å²) < 4.78 is 23.8. The molecule has 2 saturated carbocycles. The molecule has 2 fully saturated rings. The molecule has 1 aromatic carbocycles. The number of azide groups is 1. The first-order chi connectivity index (χ1) is 26.7. The summed E-state index contributed by atoms with van der Waals surface area (Å²) in [6.45, 7) is 38.7. The molecule has 6 aliphatic rings. The Labute approximate surface area is 350 Å². The lowest BCUT2D eigenvalue weighted by Crippen LogP contribution is -2.63. The van der Waals surface area contributed by atoms with Crippen molar-refractivity contribution in [2.75, 3.05) is 0 Å². The number of ketones is 1. The lowest BCUT2D eigenvalue weighted by Gasteiger charge is -2.65. The highest BCUT2D eigenvalue weighted by Gasteiger charge is 2.68. The van der Waals surface area contributed by atoms with Crippen LogP contribution in [0, 0.1) is 28.6 Å². The maximum absolute atomic E-state index is 15.4. The van der Waals surface area contributed by atoms with Crippen molar-refractivity contribution in [3.63, 3.8) is 0 Å². The van der Waals surface area contributed by atoms with Crippen LogP contribution < -0.4 is 0 Å². The van der Waals surface area contributed by atoms with Gasteiger partial charge in [0.1, 0.15) is 6.04 Å². The Kier molecular flexibility index (Phi) is 9.51. The van der Waals surface area contributed by atoms with Gasteiger partial charge in [0.15, 0.2) is 22.4 Å². The smallest absolute Gasteiger partial charge is 0.192 e. The molecule has 0 saturated heterocycles. The first-order valence-electron chi connectivity index (χ1n) is 22.2. The number of benzene rings is 1. The molecule has 4 aliphatic carbocycles. The van der Waals surface area contributed by atoms with Crippen molar-refractivity contribution >= 4 is 38.9 Å². The number of rotatable bonds is 9. The molecule has 0 spiro atoms. The fraction of sp³-hybridized carbons (Fsp3) is 0.688. The Balaban J connectivity index is 1.36. The third-order valence-corrected chi connectivity index (χ3v) is 17.7. The van der Waals surface area contributed by atoms with E-state index in [9.17, 15) is 0 Å². The van der Waals surface area contributed by atoms with Crippen LogP contribution in [0.25, 0.3) is 26.9 Å². The second-order valence-electron chi connectivity index (χ2n) is 22.9. The van der Waals surface area contributed by atoms with Gasteiger partial charge in [0.25, 0.3) is 0 Å². The zero-order chi connectivity index (χ0) is 42.5. The first kappa shape index (κ1) is 42.0. The molecule has 10 atom stereocenters. The molecule has 2 aromatic rings. The van der Waals surface area contributed by atoms with Crippen LogP contribution in [0.1, 0.15) is 139 Å². The van der Waals surface area contributed by atoms with E-state index in [1.807, 2.05) is 6.92 Å². The molecule has 0 radical (unpaired) electrons. The second-order valence-corrected chi connectivity index (χ2v) is 31.8. The van der Waals surface area contributed by atoms with Gasteiger partial charge in [-0.15, -0.1) is 0 Å². The summed E-state index contributed by atoms with van der Waals surface area (Å²) >= 11 is 0. The predicted octanol–water partition coefficient (Wildman–Crippen LogP) is 13.0. The van der Waals surface area contributed by atoms with Crippen molar-refractivity contribution < 1.29 is 18.4 Å². The maximum atomic E-state index is 15.4. The van der Waals surface area contributed by atoms with Crippen LogP contribution in [-0.2, 0) is 25.4 Å². The van der Waals surface area contributed by atoms with E-state index in [2.05, 4.69) is 140 Å². The lowest BCUT2D eigenvalue weighted by molar-refractivity contribution is -0.140. The van der Waals surface area contributed by atoms with E-state index >= 15 is 4.79 Å². The largest absolute Gasteiger partial charge is 0.414 e. The van der Waals surface area contributed by atoms with Gasteiger partial charge in [0.2, 0.25) is 0 Å². The van der Waals surface area contributed by atoms with E-state index in [0.717, 1.165) is 54.3 Å². The Morgan fingerprint density at radius 1 is 1.07 bits per heavy atom. The molecule has 2 aliphatic heterocycles. The van der Waals surface area contributed by atoms with Crippen LogP contribution in [0.3, 0.4) is 0 Å². The van der Waals surface area contributed by atoms with Gasteiger partial charge in [0, 0.05) is 44.3 Å². The monoisotopic (exact) mass is 822 g/mol. The van der Waals surface area contributed by atoms with Gasteiger partial charge in [-0.3, -0.25) is 4.79 Å². The molecule has 314 valence electrons. The van der Waals surface area contributed by atoms with E-state index < -0.39 is 33.9 Å². The molecule has 10 heteroatoms. The fourth-order valence-electron chi connectivity index (χ4n) is 13.8. The average molecular weight is 823 g/mol. The van der Waals surface area contributed by atoms with Crippen molar-refractivity contribution in [2.45, 2.75) is 181 Å². The Morgan fingerprint density at radius 2 is 1.74 bits per heavy atom. The molecule has 1 aromatic heterocycles. The van der Waals surface area contributed by atoms with Crippen LogP contribution in [0.4, 0.5) is 0 Å². The van der Waals surface area contributed by atoms with Gasteiger partial charge in [0.05, 0.1) is 34.5 Å². The molecule has 8 rings (SSSR count). The van der Waals surface area contributed by atoms with E-state index in [1.54, 1.807) is 0 Å². The number of carbonyl (C=O) groups excluding carboxylic acids is 1. The van der Waals surface area contributed by atoms with Gasteiger partial charge >= 0.3 is 0 Å². The number of ether oxygens (including phenoxy) is 1. The number of allylic oxidation sites excluding steroid dienone is 1. The summed E-state index contributed by atoms with van der Waals surface area (Å²) in [5.74, 6) is 0.981. The molecule has 0 bridgehead atoms. The van der Waals surface area contributed by atoms with Crippen molar-refractivity contribution in [1.82, 2.24) is 4.57 Å². The van der Waals surface area contributed by atoms with Gasteiger partial charge in [-0.25, -0.2) is 0 Å². The third kappa shape index (κ3) is 5.96. The number of nitrogens with zero attached hydrogens (tertiary/aromatic N) is 4. The Bertz CT molecular complexity index is 2230. The zero-order valence-corrected chi connectivity index (χ0v) is 40.2. The summed E-state index contributed by atoms with van der Waals surface area (Å²) in [6, 6.07) is 1.93. The van der Waals surface area contributed by atoms with Crippen LogP contribution in [-0.4, -0.2) is 50.3 Å². The molecule has 58 heavy (non-hydrogen) atoms. The average Bonchev–Trinajstić information content (AvgIpc) is 3.74. The molecule has 3 heterocycles. The van der Waals surface area contributed by atoms with Crippen LogP contribution in [0.5, 0.6) is 0 Å². The first-order valence-corrected chi connectivity index (χ1v) is 29.0. The summed E-state index contributed by atoms with van der Waals surface area (Å²) in [4.78, 5) is 18.5. The van der Waals surface area contributed by atoms with Crippen molar-refractivity contribution in [2.24, 2.45) is 33.7 Å². The SMILES string of the molecule is C=C(C)[C@H]1C(=O)c2c3c(cc4c5c(n1c24)[C@@]1(C)C(CC[C@H]2[C@](C)(/C=C/CC(C)N=[N+]=[N-])[C@@H](O[Si](C)(C)C)CC[C@@]21C)C5)C1=CC(C)(C)OC(C)(C)C1[C@@H]3O[Si](C)(C)C. The van der Waals surface area contributed by atoms with Crippen molar-refractivity contribution in [3.05, 3.63) is 74.8 Å². The Morgan fingerprint density at radius 3 is 2.36 bits per heavy atom. The van der Waals surface area contributed by atoms with Crippen molar-refractivity contribution in [3.8, 4) is 0 Å². The third-order valence-electron chi connectivity index (χ3n) is 15.7. The van der Waals surface area contributed by atoms with E-state index in [4.69, 9.17) is 19.1 Å². The number of hydrogen-bond acceptors (Lipinski definition) is 5. The second kappa shape index (κ2) is 13.1. The molecule has 3 unspecified atom stereocenters. The van der Waals surface area contributed by atoms with E-state index in [-0.39, 0.29) is 46.2 Å². The molecular weight excluding hydrogens is 753 g/mol. The number of fused-ring (bicyclic) bond motifs is 11. The molecule has 0 amide bonds. The van der Waals surface area contributed by atoms with Crippen molar-refractivity contribution in [1.29, 1.82) is 0 Å². The summed E-state index contributed by atoms with van der Waals surface area (Å²) in [6.07, 6.45) is 13.0. The topological polar surface area (TPSA) is 98.5 Å². The standard InChI is InChI=1S/C48H70N4O4Si2/c1-27(2)39-41(53)37-36-30(33-26-44(4,5)56-45(6,7)38(33)42(36)55-58(14,15)16)25-31-32-24-29-19-20-34-46(8,22-17-18-28(3)50-51-49)35(54-57(11,12)13)21-23-47(34,9)48(29,10)43(32)52(39)40(31)37/h17,22,25-26,28-29,34-35,38-39,42H,1,18-21,23-24H2,2-16H3/b22-17+/t28?,29?,34-,35-,38?,39-,42+,46-,47-,48+/m0/s1. The quantitative estimate of drug-likeness (QED) is 0.0827. The van der Waals surface area contributed by atoms with Gasteiger partial charge in [-0.1, -0.05) is 57.1 Å². The normalized spacial score (nSPS) is 36.2. The number of aromatic nitrogens is 1. The minimum absolute atomic E-state index is 0.0167. The minimum atomic E-state index is -2.09. The van der Waals surface area contributed by atoms with Gasteiger partial charge in [-0.2, -0.15) is 0 Å². The number of Topliss-reactive ketones (excluding diaryl/α,β-unsaturated/α-hetero) is 1. The fourth-order valence-corrected chi connectivity index (χ4v) is 16.1. The summed E-state index contributed by atoms with van der Waals surface area (Å²) in [5, 5.41) is 5.25. The van der Waals surface area contributed by atoms with Crippen LogP contribution in [0.15, 0.2) is 41.6 Å². The lowest BCUT2D eigenvalue weighted by atomic mass is 9.40. The van der Waals surface area contributed by atoms with E-state index in [1.165, 1.54) is 27.8 Å². The number of hydrogen-bond donors (Lipinski definition) is 0. The highest BCUT2D eigenvalue weighted by atomic mass is 28.4. The molecule has 8 nitrogen and oxygen atoms in total. The van der Waals surface area contributed by atoms with Gasteiger partial charge < -0.3 is 18.2 Å². The summed E-state index contributed by atoms with van der Waals surface area (Å²) in [5.41, 5.74) is 17.0. The summed E-state index contributed by atoms with van der Waals surface area (Å²) in [7, 11) is -3.97. The van der Waals surface area contributed by atoms with Crippen LogP contribution in [0.2, 0.25) is 39.3 Å². The predicted molar refractivity (Wildman–Crippen MR) is 241 cm³/mol. The minimum Gasteiger partial charge on any atom is -0.414 e. The number of carbonyl (C=O) groups is 1. The highest BCUT2D eigenvalue weighted by Crippen LogP contribution is 2.72.